The summed E-state index contributed by atoms with van der Waals surface area (Å²) in [4.78, 5) is 15.6. The molecule has 1 aliphatic rings. The number of nitrogens with zero attached hydrogens (tertiary/aromatic N) is 2. The highest BCUT2D eigenvalue weighted by Gasteiger charge is 2.25. The van der Waals surface area contributed by atoms with Crippen molar-refractivity contribution in [2.75, 3.05) is 33.8 Å². The van der Waals surface area contributed by atoms with Gasteiger partial charge in [-0.05, 0) is 25.5 Å². The summed E-state index contributed by atoms with van der Waals surface area (Å²) in [5.41, 5.74) is 1.21. The van der Waals surface area contributed by atoms with E-state index in [2.05, 4.69) is 18.0 Å². The van der Waals surface area contributed by atoms with Gasteiger partial charge in [-0.3, -0.25) is 4.79 Å². The van der Waals surface area contributed by atoms with Crippen LogP contribution in [0.2, 0.25) is 0 Å². The average Bonchev–Trinajstić information content (AvgIpc) is 2.88. The topological polar surface area (TPSA) is 32.8 Å². The van der Waals surface area contributed by atoms with Gasteiger partial charge in [0.05, 0.1) is 7.11 Å². The monoisotopic (exact) mass is 276 g/mol. The second-order valence-electron chi connectivity index (χ2n) is 5.63. The number of methoxy groups -OCH3 is 1. The molecule has 4 nitrogen and oxygen atoms in total. The van der Waals surface area contributed by atoms with Crippen molar-refractivity contribution in [3.05, 3.63) is 29.8 Å². The van der Waals surface area contributed by atoms with Crippen molar-refractivity contribution in [1.82, 2.24) is 9.80 Å². The van der Waals surface area contributed by atoms with E-state index in [0.29, 0.717) is 5.92 Å². The third-order valence-corrected chi connectivity index (χ3v) is 3.93. The normalized spacial score (nSPS) is 18.6. The van der Waals surface area contributed by atoms with Crippen molar-refractivity contribution in [3.63, 3.8) is 0 Å². The maximum atomic E-state index is 11.3. The molecule has 1 atom stereocenters. The SMILES string of the molecule is COc1ccccc1CN(C)CC1CCN(C(C)=O)C1. The van der Waals surface area contributed by atoms with Crippen LogP contribution in [-0.2, 0) is 11.3 Å². The fraction of sp³-hybridized carbons (Fsp3) is 0.562. The zero-order chi connectivity index (χ0) is 14.5. The van der Waals surface area contributed by atoms with Crippen LogP contribution in [0.3, 0.4) is 0 Å². The molecule has 1 saturated heterocycles. The Morgan fingerprint density at radius 1 is 1.45 bits per heavy atom. The van der Waals surface area contributed by atoms with Crippen LogP contribution in [0.4, 0.5) is 0 Å². The lowest BCUT2D eigenvalue weighted by atomic mass is 10.1. The fourth-order valence-electron chi connectivity index (χ4n) is 2.90. The number of hydrogen-bond donors (Lipinski definition) is 0. The molecule has 1 aromatic rings. The highest BCUT2D eigenvalue weighted by atomic mass is 16.5. The predicted octanol–water partition coefficient (Wildman–Crippen LogP) is 2.00. The Labute approximate surface area is 121 Å². The molecular weight excluding hydrogens is 252 g/mol. The number of likely N-dealkylation sites (tertiary alicyclic amines) is 1. The predicted molar refractivity (Wildman–Crippen MR) is 79.7 cm³/mol. The van der Waals surface area contributed by atoms with Gasteiger partial charge >= 0.3 is 0 Å². The van der Waals surface area contributed by atoms with Gasteiger partial charge in [0.1, 0.15) is 5.75 Å². The molecule has 0 bridgehead atoms. The van der Waals surface area contributed by atoms with Gasteiger partial charge in [-0.2, -0.15) is 0 Å². The molecule has 0 spiro atoms. The second kappa shape index (κ2) is 6.75. The lowest BCUT2D eigenvalue weighted by molar-refractivity contribution is -0.127. The Hall–Kier alpha value is -1.55. The van der Waals surface area contributed by atoms with Crippen LogP contribution in [0, 0.1) is 5.92 Å². The highest BCUT2D eigenvalue weighted by Crippen LogP contribution is 2.21. The van der Waals surface area contributed by atoms with Gasteiger partial charge in [-0.25, -0.2) is 0 Å². The Kier molecular flexibility index (Phi) is 5.01. The van der Waals surface area contributed by atoms with E-state index in [0.717, 1.165) is 38.3 Å². The van der Waals surface area contributed by atoms with E-state index in [4.69, 9.17) is 4.74 Å². The summed E-state index contributed by atoms with van der Waals surface area (Å²) in [6, 6.07) is 8.13. The number of ether oxygens (including phenoxy) is 1. The van der Waals surface area contributed by atoms with Crippen LogP contribution in [0.25, 0.3) is 0 Å². The van der Waals surface area contributed by atoms with E-state index < -0.39 is 0 Å². The molecule has 1 aromatic carbocycles. The summed E-state index contributed by atoms with van der Waals surface area (Å²) >= 11 is 0. The van der Waals surface area contributed by atoms with Gasteiger partial charge < -0.3 is 14.5 Å². The standard InChI is InChI=1S/C16H24N2O2/c1-13(19)18-9-8-14(11-18)10-17(2)12-15-6-4-5-7-16(15)20-3/h4-7,14H,8-12H2,1-3H3. The molecule has 2 rings (SSSR count). The van der Waals surface area contributed by atoms with Crippen LogP contribution >= 0.6 is 0 Å². The molecule has 0 saturated carbocycles. The van der Waals surface area contributed by atoms with Crippen molar-refractivity contribution in [1.29, 1.82) is 0 Å². The Morgan fingerprint density at radius 2 is 2.20 bits per heavy atom. The highest BCUT2D eigenvalue weighted by molar-refractivity contribution is 5.73. The summed E-state index contributed by atoms with van der Waals surface area (Å²) in [5.74, 6) is 1.72. The van der Waals surface area contributed by atoms with E-state index in [1.807, 2.05) is 23.1 Å². The minimum absolute atomic E-state index is 0.194. The summed E-state index contributed by atoms with van der Waals surface area (Å²) in [7, 11) is 3.84. The number of benzene rings is 1. The van der Waals surface area contributed by atoms with Gasteiger partial charge in [0.2, 0.25) is 5.91 Å². The molecule has 1 amide bonds. The largest absolute Gasteiger partial charge is 0.496 e. The van der Waals surface area contributed by atoms with Gasteiger partial charge in [-0.15, -0.1) is 0 Å². The zero-order valence-electron chi connectivity index (χ0n) is 12.6. The Bertz CT molecular complexity index is 462. The average molecular weight is 276 g/mol. The maximum absolute atomic E-state index is 11.3. The zero-order valence-corrected chi connectivity index (χ0v) is 12.6. The summed E-state index contributed by atoms with van der Waals surface area (Å²) in [5, 5.41) is 0. The quantitative estimate of drug-likeness (QED) is 0.824. The molecule has 0 aromatic heterocycles. The molecule has 0 aliphatic carbocycles. The van der Waals surface area contributed by atoms with Crippen LogP contribution in [0.15, 0.2) is 24.3 Å². The minimum atomic E-state index is 0.194. The number of carbonyl (C=O) groups is 1. The first-order chi connectivity index (χ1) is 9.60. The number of amides is 1. The third-order valence-electron chi connectivity index (χ3n) is 3.93. The number of carbonyl (C=O) groups excluding carboxylic acids is 1. The summed E-state index contributed by atoms with van der Waals surface area (Å²) in [6.07, 6.45) is 1.11. The molecule has 20 heavy (non-hydrogen) atoms. The lowest BCUT2D eigenvalue weighted by Gasteiger charge is -2.22. The second-order valence-corrected chi connectivity index (χ2v) is 5.63. The van der Waals surface area contributed by atoms with E-state index in [1.165, 1.54) is 5.56 Å². The molecule has 110 valence electrons. The number of hydrogen-bond acceptors (Lipinski definition) is 3. The smallest absolute Gasteiger partial charge is 0.219 e. The van der Waals surface area contributed by atoms with Crippen molar-refractivity contribution in [3.8, 4) is 5.75 Å². The van der Waals surface area contributed by atoms with Gasteiger partial charge in [0.15, 0.2) is 0 Å². The van der Waals surface area contributed by atoms with Crippen LogP contribution in [0.1, 0.15) is 18.9 Å². The van der Waals surface area contributed by atoms with Crippen LogP contribution in [-0.4, -0.2) is 49.5 Å². The molecule has 1 fully saturated rings. The van der Waals surface area contributed by atoms with Crippen molar-refractivity contribution >= 4 is 5.91 Å². The first-order valence-corrected chi connectivity index (χ1v) is 7.16. The number of rotatable bonds is 5. The fourth-order valence-corrected chi connectivity index (χ4v) is 2.90. The summed E-state index contributed by atoms with van der Waals surface area (Å²) in [6.45, 7) is 5.34. The first-order valence-electron chi connectivity index (χ1n) is 7.16. The molecule has 1 heterocycles. The summed E-state index contributed by atoms with van der Waals surface area (Å²) < 4.78 is 5.39. The van der Waals surface area contributed by atoms with Crippen molar-refractivity contribution in [2.24, 2.45) is 5.92 Å². The van der Waals surface area contributed by atoms with Crippen molar-refractivity contribution in [2.45, 2.75) is 19.9 Å². The molecule has 4 heteroatoms. The van der Waals surface area contributed by atoms with Gasteiger partial charge in [0.25, 0.3) is 0 Å². The van der Waals surface area contributed by atoms with E-state index in [1.54, 1.807) is 14.0 Å². The van der Waals surface area contributed by atoms with Gasteiger partial charge in [0, 0.05) is 38.7 Å². The van der Waals surface area contributed by atoms with Crippen LogP contribution in [0.5, 0.6) is 5.75 Å². The molecule has 0 radical (unpaired) electrons. The van der Waals surface area contributed by atoms with Gasteiger partial charge in [-0.1, -0.05) is 18.2 Å². The molecular formula is C16H24N2O2. The minimum Gasteiger partial charge on any atom is -0.496 e. The molecule has 1 unspecified atom stereocenters. The lowest BCUT2D eigenvalue weighted by Crippen LogP contribution is -2.30. The van der Waals surface area contributed by atoms with E-state index in [9.17, 15) is 4.79 Å². The van der Waals surface area contributed by atoms with E-state index in [-0.39, 0.29) is 5.91 Å². The van der Waals surface area contributed by atoms with Crippen molar-refractivity contribution < 1.29 is 9.53 Å². The first kappa shape index (κ1) is 14.9. The molecule has 1 aliphatic heterocycles. The van der Waals surface area contributed by atoms with Crippen LogP contribution < -0.4 is 4.74 Å². The maximum Gasteiger partial charge on any atom is 0.219 e. The number of para-hydroxylation sites is 1. The Morgan fingerprint density at radius 3 is 2.85 bits per heavy atom. The van der Waals surface area contributed by atoms with E-state index >= 15 is 0 Å². The Balaban J connectivity index is 1.87. The third kappa shape index (κ3) is 3.73. The molecule has 0 N–H and O–H groups in total.